The molecule has 0 atom stereocenters. The molecule has 0 bridgehead atoms. The highest BCUT2D eigenvalue weighted by atomic mass is 32.1. The molecule has 1 N–H and O–H groups in total. The molecule has 1 aliphatic rings. The lowest BCUT2D eigenvalue weighted by Crippen LogP contribution is -2.35. The number of nitrogens with zero attached hydrogens (tertiary/aromatic N) is 1. The zero-order valence-electron chi connectivity index (χ0n) is 11.1. The third kappa shape index (κ3) is 3.05. The Morgan fingerprint density at radius 1 is 1.44 bits per heavy atom. The van der Waals surface area contributed by atoms with Gasteiger partial charge in [0.2, 0.25) is 0 Å². The van der Waals surface area contributed by atoms with Crippen molar-refractivity contribution in [3.8, 4) is 0 Å². The van der Waals surface area contributed by atoms with Crippen molar-refractivity contribution in [2.24, 2.45) is 5.92 Å². The average Bonchev–Trinajstić information content (AvgIpc) is 2.97. The molecule has 0 amide bonds. The van der Waals surface area contributed by atoms with Crippen molar-refractivity contribution in [2.45, 2.75) is 45.6 Å². The fourth-order valence-electron chi connectivity index (χ4n) is 2.63. The maximum absolute atomic E-state index is 11.0. The first-order chi connectivity index (χ1) is 8.58. The normalized spacial score (nSPS) is 16.4. The van der Waals surface area contributed by atoms with Crippen LogP contribution in [0.1, 0.15) is 49.2 Å². The van der Waals surface area contributed by atoms with Crippen LogP contribution in [0.25, 0.3) is 0 Å². The number of rotatable bonds is 5. The van der Waals surface area contributed by atoms with Crippen molar-refractivity contribution in [2.75, 3.05) is 11.4 Å². The fraction of sp³-hybridized carbons (Fsp3) is 0.643. The summed E-state index contributed by atoms with van der Waals surface area (Å²) in [5, 5.41) is 10.1. The monoisotopic (exact) mass is 267 g/mol. The van der Waals surface area contributed by atoms with E-state index < -0.39 is 5.97 Å². The van der Waals surface area contributed by atoms with Crippen LogP contribution in [0.5, 0.6) is 0 Å². The number of hydrogen-bond donors (Lipinski definition) is 1. The maximum Gasteiger partial charge on any atom is 0.345 e. The van der Waals surface area contributed by atoms with Crippen LogP contribution in [-0.2, 0) is 0 Å². The van der Waals surface area contributed by atoms with E-state index in [9.17, 15) is 4.79 Å². The van der Waals surface area contributed by atoms with Crippen molar-refractivity contribution in [1.29, 1.82) is 0 Å². The minimum atomic E-state index is -0.817. The molecule has 3 nitrogen and oxygen atoms in total. The Balaban J connectivity index is 2.18. The molecular formula is C14H21NO2S. The Labute approximate surface area is 112 Å². The standard InChI is InChI=1S/C14H21NO2S/c1-10(2)9-15(11-5-3-4-6-11)13-8-7-12(18-13)14(16)17/h7-8,10-11H,3-6,9H2,1-2H3,(H,16,17). The van der Waals surface area contributed by atoms with E-state index in [1.165, 1.54) is 37.0 Å². The van der Waals surface area contributed by atoms with Gasteiger partial charge in [0.05, 0.1) is 5.00 Å². The molecule has 1 aliphatic carbocycles. The summed E-state index contributed by atoms with van der Waals surface area (Å²) >= 11 is 1.40. The average molecular weight is 267 g/mol. The van der Waals surface area contributed by atoms with Gasteiger partial charge in [-0.1, -0.05) is 26.7 Å². The second kappa shape index (κ2) is 5.74. The summed E-state index contributed by atoms with van der Waals surface area (Å²) in [6.45, 7) is 5.45. The summed E-state index contributed by atoms with van der Waals surface area (Å²) in [4.78, 5) is 13.8. The van der Waals surface area contributed by atoms with Gasteiger partial charge in [0, 0.05) is 12.6 Å². The molecule has 1 aromatic rings. The van der Waals surface area contributed by atoms with Gasteiger partial charge in [0.15, 0.2) is 0 Å². The molecule has 0 radical (unpaired) electrons. The highest BCUT2D eigenvalue weighted by molar-refractivity contribution is 7.17. The Hall–Kier alpha value is -1.03. The number of carboxylic acids is 1. The van der Waals surface area contributed by atoms with Crippen LogP contribution in [0.2, 0.25) is 0 Å². The first-order valence-electron chi connectivity index (χ1n) is 6.67. The van der Waals surface area contributed by atoms with Crippen molar-refractivity contribution < 1.29 is 9.90 Å². The van der Waals surface area contributed by atoms with Gasteiger partial charge in [-0.05, 0) is 30.9 Å². The molecule has 4 heteroatoms. The molecule has 1 aromatic heterocycles. The van der Waals surface area contributed by atoms with Gasteiger partial charge in [0.25, 0.3) is 0 Å². The van der Waals surface area contributed by atoms with Gasteiger partial charge in [-0.2, -0.15) is 0 Å². The second-order valence-corrected chi connectivity index (χ2v) is 6.49. The lowest BCUT2D eigenvalue weighted by atomic mass is 10.1. The highest BCUT2D eigenvalue weighted by Gasteiger charge is 2.25. The van der Waals surface area contributed by atoms with Crippen LogP contribution in [0, 0.1) is 5.92 Å². The molecule has 1 fully saturated rings. The number of anilines is 1. The van der Waals surface area contributed by atoms with Gasteiger partial charge in [0.1, 0.15) is 4.88 Å². The van der Waals surface area contributed by atoms with Crippen molar-refractivity contribution in [3.05, 3.63) is 17.0 Å². The number of aromatic carboxylic acids is 1. The highest BCUT2D eigenvalue weighted by Crippen LogP contribution is 2.33. The van der Waals surface area contributed by atoms with E-state index in [1.54, 1.807) is 6.07 Å². The van der Waals surface area contributed by atoms with Crippen molar-refractivity contribution >= 4 is 22.3 Å². The number of carboxylic acid groups (broad SMARTS) is 1. The van der Waals surface area contributed by atoms with E-state index >= 15 is 0 Å². The topological polar surface area (TPSA) is 40.5 Å². The first-order valence-corrected chi connectivity index (χ1v) is 7.49. The predicted molar refractivity (Wildman–Crippen MR) is 75.7 cm³/mol. The van der Waals surface area contributed by atoms with Crippen LogP contribution in [-0.4, -0.2) is 23.7 Å². The van der Waals surface area contributed by atoms with E-state index in [1.807, 2.05) is 6.07 Å². The van der Waals surface area contributed by atoms with Crippen molar-refractivity contribution in [3.63, 3.8) is 0 Å². The van der Waals surface area contributed by atoms with Crippen LogP contribution >= 0.6 is 11.3 Å². The van der Waals surface area contributed by atoms with Crippen LogP contribution in [0.3, 0.4) is 0 Å². The van der Waals surface area contributed by atoms with E-state index in [-0.39, 0.29) is 0 Å². The smallest absolute Gasteiger partial charge is 0.345 e. The van der Waals surface area contributed by atoms with Crippen LogP contribution < -0.4 is 4.90 Å². The van der Waals surface area contributed by atoms with Crippen molar-refractivity contribution in [1.82, 2.24) is 0 Å². The second-order valence-electron chi connectivity index (χ2n) is 5.43. The summed E-state index contributed by atoms with van der Waals surface area (Å²) in [6.07, 6.45) is 5.09. The molecule has 100 valence electrons. The van der Waals surface area contributed by atoms with E-state index in [0.717, 1.165) is 11.5 Å². The summed E-state index contributed by atoms with van der Waals surface area (Å²) in [7, 11) is 0. The molecule has 0 spiro atoms. The summed E-state index contributed by atoms with van der Waals surface area (Å²) < 4.78 is 0. The van der Waals surface area contributed by atoms with Crippen LogP contribution in [0.15, 0.2) is 12.1 Å². The van der Waals surface area contributed by atoms with E-state index in [4.69, 9.17) is 5.11 Å². The molecular weight excluding hydrogens is 246 g/mol. The van der Waals surface area contributed by atoms with E-state index in [0.29, 0.717) is 16.8 Å². The van der Waals surface area contributed by atoms with Gasteiger partial charge in [-0.15, -0.1) is 11.3 Å². The van der Waals surface area contributed by atoms with Gasteiger partial charge in [-0.3, -0.25) is 0 Å². The summed E-state index contributed by atoms with van der Waals surface area (Å²) in [6, 6.07) is 4.30. The zero-order chi connectivity index (χ0) is 13.1. The molecule has 1 heterocycles. The zero-order valence-corrected chi connectivity index (χ0v) is 11.9. The molecule has 0 aliphatic heterocycles. The minimum absolute atomic E-state index is 0.441. The molecule has 18 heavy (non-hydrogen) atoms. The lowest BCUT2D eigenvalue weighted by molar-refractivity contribution is 0.0702. The van der Waals surface area contributed by atoms with Gasteiger partial charge < -0.3 is 10.0 Å². The Bertz CT molecular complexity index is 408. The largest absolute Gasteiger partial charge is 0.477 e. The number of thiophene rings is 1. The third-order valence-electron chi connectivity index (χ3n) is 3.41. The molecule has 0 saturated heterocycles. The molecule has 0 aromatic carbocycles. The number of hydrogen-bond acceptors (Lipinski definition) is 3. The Morgan fingerprint density at radius 2 is 2.11 bits per heavy atom. The van der Waals surface area contributed by atoms with Gasteiger partial charge in [-0.25, -0.2) is 4.79 Å². The molecule has 2 rings (SSSR count). The lowest BCUT2D eigenvalue weighted by Gasteiger charge is -2.31. The SMILES string of the molecule is CC(C)CN(c1ccc(C(=O)O)s1)C1CCCC1. The maximum atomic E-state index is 11.0. The first kappa shape index (κ1) is 13.4. The summed E-state index contributed by atoms with van der Waals surface area (Å²) in [5.74, 6) is -0.219. The quantitative estimate of drug-likeness (QED) is 0.881. The third-order valence-corrected chi connectivity index (χ3v) is 4.52. The minimum Gasteiger partial charge on any atom is -0.477 e. The Morgan fingerprint density at radius 3 is 2.61 bits per heavy atom. The number of carbonyl (C=O) groups is 1. The van der Waals surface area contributed by atoms with Crippen LogP contribution in [0.4, 0.5) is 5.00 Å². The molecule has 1 saturated carbocycles. The van der Waals surface area contributed by atoms with Gasteiger partial charge >= 0.3 is 5.97 Å². The fourth-order valence-corrected chi connectivity index (χ4v) is 3.55. The Kier molecular flexibility index (Phi) is 4.27. The van der Waals surface area contributed by atoms with E-state index in [2.05, 4.69) is 18.7 Å². The predicted octanol–water partition coefficient (Wildman–Crippen LogP) is 3.85. The molecule has 0 unspecified atom stereocenters. The summed E-state index contributed by atoms with van der Waals surface area (Å²) in [5.41, 5.74) is 0.